The molecule has 1 heterocycles. The van der Waals surface area contributed by atoms with Crippen LogP contribution in [-0.4, -0.2) is 23.8 Å². The highest BCUT2D eigenvalue weighted by Crippen LogP contribution is 2.36. The normalized spacial score (nSPS) is 13.9. The minimum absolute atomic E-state index is 0.223. The fourth-order valence-corrected chi connectivity index (χ4v) is 4.00. The summed E-state index contributed by atoms with van der Waals surface area (Å²) < 4.78 is 13.9. The van der Waals surface area contributed by atoms with E-state index in [9.17, 15) is 14.0 Å². The number of nitrogens with zero attached hydrogens (tertiary/aromatic N) is 2. The van der Waals surface area contributed by atoms with Gasteiger partial charge in [-0.2, -0.15) is 0 Å². The molecule has 31 heavy (non-hydrogen) atoms. The first kappa shape index (κ1) is 20.5. The van der Waals surface area contributed by atoms with Gasteiger partial charge in [0.05, 0.1) is 11.3 Å². The first-order valence-corrected chi connectivity index (χ1v) is 10.1. The third-order valence-electron chi connectivity index (χ3n) is 5.42. The monoisotopic (exact) mass is 414 g/mol. The van der Waals surface area contributed by atoms with Crippen LogP contribution in [0.25, 0.3) is 5.57 Å². The molecule has 3 aromatic rings. The molecule has 2 amide bonds. The third-order valence-corrected chi connectivity index (χ3v) is 5.42. The Morgan fingerprint density at radius 1 is 0.871 bits per heavy atom. The van der Waals surface area contributed by atoms with E-state index in [2.05, 4.69) is 0 Å². The maximum atomic E-state index is 13.9. The van der Waals surface area contributed by atoms with E-state index >= 15 is 0 Å². The van der Waals surface area contributed by atoms with Gasteiger partial charge in [0.25, 0.3) is 11.8 Å². The lowest BCUT2D eigenvalue weighted by Gasteiger charge is -2.22. The predicted octanol–water partition coefficient (Wildman–Crippen LogP) is 4.86. The maximum Gasteiger partial charge on any atom is 0.282 e. The highest BCUT2D eigenvalue weighted by molar-refractivity contribution is 6.45. The van der Waals surface area contributed by atoms with Crippen LogP contribution in [0.4, 0.5) is 10.1 Å². The van der Waals surface area contributed by atoms with Gasteiger partial charge in [-0.15, -0.1) is 0 Å². The van der Waals surface area contributed by atoms with E-state index in [0.717, 1.165) is 21.6 Å². The van der Waals surface area contributed by atoms with Crippen LogP contribution in [0.1, 0.15) is 22.3 Å². The Hall–Kier alpha value is -3.73. The van der Waals surface area contributed by atoms with Crippen molar-refractivity contribution in [2.75, 3.05) is 11.9 Å². The molecule has 5 heteroatoms. The summed E-state index contributed by atoms with van der Waals surface area (Å²) in [6.45, 7) is 4.36. The fraction of sp³-hybridized carbons (Fsp3) is 0.154. The molecule has 0 saturated carbocycles. The zero-order valence-corrected chi connectivity index (χ0v) is 17.7. The van der Waals surface area contributed by atoms with Gasteiger partial charge in [0.2, 0.25) is 0 Å². The molecule has 0 fully saturated rings. The molecule has 4 nitrogen and oxygen atoms in total. The topological polar surface area (TPSA) is 40.6 Å². The van der Waals surface area contributed by atoms with Crippen LogP contribution >= 0.6 is 0 Å². The van der Waals surface area contributed by atoms with E-state index in [4.69, 9.17) is 0 Å². The van der Waals surface area contributed by atoms with E-state index in [-0.39, 0.29) is 5.69 Å². The smallest absolute Gasteiger partial charge is 0.282 e. The number of benzene rings is 3. The molecule has 0 aromatic heterocycles. The summed E-state index contributed by atoms with van der Waals surface area (Å²) in [4.78, 5) is 29.9. The average Bonchev–Trinajstić information content (AvgIpc) is 2.99. The second-order valence-electron chi connectivity index (χ2n) is 7.81. The van der Waals surface area contributed by atoms with Crippen LogP contribution in [-0.2, 0) is 16.1 Å². The van der Waals surface area contributed by atoms with Crippen molar-refractivity contribution < 1.29 is 14.0 Å². The molecular weight excluding hydrogens is 391 g/mol. The summed E-state index contributed by atoms with van der Waals surface area (Å²) in [5.74, 6) is -1.40. The summed E-state index contributed by atoms with van der Waals surface area (Å²) in [5, 5.41) is 0. The number of halogens is 1. The predicted molar refractivity (Wildman–Crippen MR) is 120 cm³/mol. The van der Waals surface area contributed by atoms with Gasteiger partial charge in [0.1, 0.15) is 11.5 Å². The van der Waals surface area contributed by atoms with Gasteiger partial charge in [0, 0.05) is 13.6 Å². The SMILES string of the molecule is Cc1ccc(C2=C(N(C)Cc3ccccc3)C(=O)N(c3cccc(F)c3)C2=O)c(C)c1. The molecule has 156 valence electrons. The largest absolute Gasteiger partial charge is 0.365 e. The average molecular weight is 414 g/mol. The first-order valence-electron chi connectivity index (χ1n) is 10.1. The number of aryl methyl sites for hydroxylation is 2. The standard InChI is InChI=1S/C26H23FN2O2/c1-17-12-13-22(18(2)14-17)23-24(28(3)16-19-8-5-4-6-9-19)26(31)29(25(23)30)21-11-7-10-20(27)15-21/h4-15H,16H2,1-3H3. The molecule has 0 bridgehead atoms. The third kappa shape index (κ3) is 3.87. The van der Waals surface area contributed by atoms with E-state index in [1.54, 1.807) is 18.0 Å². The van der Waals surface area contributed by atoms with Crippen LogP contribution in [0.3, 0.4) is 0 Å². The zero-order valence-electron chi connectivity index (χ0n) is 17.7. The van der Waals surface area contributed by atoms with Gasteiger partial charge in [-0.25, -0.2) is 9.29 Å². The summed E-state index contributed by atoms with van der Waals surface area (Å²) in [6.07, 6.45) is 0. The number of likely N-dealkylation sites (N-methyl/N-ethyl adjacent to an activating group) is 1. The van der Waals surface area contributed by atoms with E-state index in [1.807, 2.05) is 62.4 Å². The van der Waals surface area contributed by atoms with Crippen molar-refractivity contribution in [3.63, 3.8) is 0 Å². The lowest BCUT2D eigenvalue weighted by molar-refractivity contribution is -0.120. The second kappa shape index (κ2) is 8.19. The Labute approximate surface area is 181 Å². The second-order valence-corrected chi connectivity index (χ2v) is 7.81. The van der Waals surface area contributed by atoms with Gasteiger partial charge in [0.15, 0.2) is 0 Å². The summed E-state index contributed by atoms with van der Waals surface area (Å²) in [6, 6.07) is 21.1. The van der Waals surface area contributed by atoms with Gasteiger partial charge >= 0.3 is 0 Å². The van der Waals surface area contributed by atoms with Gasteiger partial charge in [-0.05, 0) is 48.7 Å². The highest BCUT2D eigenvalue weighted by atomic mass is 19.1. The van der Waals surface area contributed by atoms with Crippen molar-refractivity contribution in [3.8, 4) is 0 Å². The minimum atomic E-state index is -0.503. The minimum Gasteiger partial charge on any atom is -0.365 e. The first-order chi connectivity index (χ1) is 14.9. The molecule has 0 saturated heterocycles. The van der Waals surface area contributed by atoms with Gasteiger partial charge < -0.3 is 4.90 Å². The number of imide groups is 1. The van der Waals surface area contributed by atoms with Gasteiger partial charge in [-0.3, -0.25) is 9.59 Å². The Balaban J connectivity index is 1.84. The van der Waals surface area contributed by atoms with Crippen molar-refractivity contribution in [1.29, 1.82) is 0 Å². The molecule has 1 aliphatic heterocycles. The van der Waals surface area contributed by atoms with Crippen molar-refractivity contribution in [3.05, 3.63) is 107 Å². The molecule has 0 radical (unpaired) electrons. The zero-order chi connectivity index (χ0) is 22.1. The number of carbonyl (C=O) groups excluding carboxylic acids is 2. The van der Waals surface area contributed by atoms with E-state index < -0.39 is 17.6 Å². The van der Waals surface area contributed by atoms with Crippen LogP contribution in [0.5, 0.6) is 0 Å². The van der Waals surface area contributed by atoms with Crippen LogP contribution < -0.4 is 4.90 Å². The summed E-state index contributed by atoms with van der Waals surface area (Å²) in [5.41, 5.74) is 4.57. The Bertz CT molecular complexity index is 1200. The Morgan fingerprint density at radius 3 is 2.29 bits per heavy atom. The summed E-state index contributed by atoms with van der Waals surface area (Å²) in [7, 11) is 1.80. The van der Waals surface area contributed by atoms with Crippen LogP contribution in [0.2, 0.25) is 0 Å². The van der Waals surface area contributed by atoms with Crippen molar-refractivity contribution in [2.45, 2.75) is 20.4 Å². The van der Waals surface area contributed by atoms with Crippen molar-refractivity contribution in [1.82, 2.24) is 4.90 Å². The highest BCUT2D eigenvalue weighted by Gasteiger charge is 2.42. The molecule has 0 spiro atoms. The lowest BCUT2D eigenvalue weighted by Crippen LogP contribution is -2.34. The molecule has 0 unspecified atom stereocenters. The lowest BCUT2D eigenvalue weighted by atomic mass is 9.97. The number of hydrogen-bond donors (Lipinski definition) is 0. The van der Waals surface area contributed by atoms with Gasteiger partial charge in [-0.1, -0.05) is 60.2 Å². The summed E-state index contributed by atoms with van der Waals surface area (Å²) >= 11 is 0. The number of amides is 2. The Kier molecular flexibility index (Phi) is 5.42. The molecule has 0 N–H and O–H groups in total. The molecule has 0 aliphatic carbocycles. The maximum absolute atomic E-state index is 13.9. The fourth-order valence-electron chi connectivity index (χ4n) is 4.00. The van der Waals surface area contributed by atoms with Crippen LogP contribution in [0.15, 0.2) is 78.5 Å². The molecule has 3 aromatic carbocycles. The number of rotatable bonds is 5. The number of anilines is 1. The number of hydrogen-bond acceptors (Lipinski definition) is 3. The molecule has 4 rings (SSSR count). The Morgan fingerprint density at radius 2 is 1.61 bits per heavy atom. The number of carbonyl (C=O) groups is 2. The quantitative estimate of drug-likeness (QED) is 0.560. The van der Waals surface area contributed by atoms with Crippen molar-refractivity contribution >= 4 is 23.1 Å². The molecular formula is C26H23FN2O2. The molecule has 1 aliphatic rings. The van der Waals surface area contributed by atoms with Crippen molar-refractivity contribution in [2.24, 2.45) is 0 Å². The van der Waals surface area contributed by atoms with E-state index in [0.29, 0.717) is 23.4 Å². The van der Waals surface area contributed by atoms with Crippen LogP contribution in [0, 0.1) is 19.7 Å². The van der Waals surface area contributed by atoms with E-state index in [1.165, 1.54) is 18.2 Å². The molecule has 0 atom stereocenters.